The molecule has 0 unspecified atom stereocenters. The van der Waals surface area contributed by atoms with E-state index in [0.29, 0.717) is 0 Å². The summed E-state index contributed by atoms with van der Waals surface area (Å²) in [6.45, 7) is 8.10. The van der Waals surface area contributed by atoms with E-state index in [2.05, 4.69) is 6.92 Å². The van der Waals surface area contributed by atoms with E-state index in [4.69, 9.17) is 5.73 Å². The standard InChI is InChI=1S/C5H11N.C2H6.H2/c1-3-5(2)4-6;1-2;/h4H,3,6H2,1-2H3;1-2H3;1H/b5-4+;;. The Morgan fingerprint density at radius 1 is 1.62 bits per heavy atom. The zero-order valence-electron chi connectivity index (χ0n) is 6.36. The Morgan fingerprint density at radius 3 is 2.00 bits per heavy atom. The monoisotopic (exact) mass is 117 g/mol. The summed E-state index contributed by atoms with van der Waals surface area (Å²) < 4.78 is 0. The quantitative estimate of drug-likeness (QED) is 0.561. The molecule has 0 aliphatic rings. The van der Waals surface area contributed by atoms with Gasteiger partial charge in [0.1, 0.15) is 0 Å². The molecule has 0 aromatic carbocycles. The maximum absolute atomic E-state index is 5.12. The van der Waals surface area contributed by atoms with Crippen LogP contribution in [-0.4, -0.2) is 0 Å². The molecule has 0 spiro atoms. The number of hydrogen-bond acceptors (Lipinski definition) is 1. The largest absolute Gasteiger partial charge is 0.405 e. The third kappa shape index (κ3) is 9.11. The molecule has 0 radical (unpaired) electrons. The zero-order valence-corrected chi connectivity index (χ0v) is 6.36. The van der Waals surface area contributed by atoms with E-state index < -0.39 is 0 Å². The second-order valence-corrected chi connectivity index (χ2v) is 1.37. The summed E-state index contributed by atoms with van der Waals surface area (Å²) in [4.78, 5) is 0. The van der Waals surface area contributed by atoms with Crippen molar-refractivity contribution >= 4 is 0 Å². The summed E-state index contributed by atoms with van der Waals surface area (Å²) in [5, 5.41) is 0. The highest BCUT2D eigenvalue weighted by Crippen LogP contribution is 1.91. The lowest BCUT2D eigenvalue weighted by Crippen LogP contribution is -1.80. The first-order valence-corrected chi connectivity index (χ1v) is 3.18. The number of hydrogen-bond donors (Lipinski definition) is 1. The summed E-state index contributed by atoms with van der Waals surface area (Å²) in [7, 11) is 0. The predicted molar refractivity (Wildman–Crippen MR) is 41.7 cm³/mol. The van der Waals surface area contributed by atoms with Gasteiger partial charge in [-0.1, -0.05) is 26.3 Å². The van der Waals surface area contributed by atoms with Gasteiger partial charge >= 0.3 is 0 Å². The van der Waals surface area contributed by atoms with Crippen molar-refractivity contribution in [3.8, 4) is 0 Å². The maximum Gasteiger partial charge on any atom is 0 e. The van der Waals surface area contributed by atoms with E-state index in [1.54, 1.807) is 6.20 Å². The van der Waals surface area contributed by atoms with Crippen LogP contribution in [0.5, 0.6) is 0 Å². The minimum Gasteiger partial charge on any atom is -0.405 e. The average Bonchev–Trinajstić information content (AvgIpc) is 1.91. The van der Waals surface area contributed by atoms with Gasteiger partial charge in [0.15, 0.2) is 0 Å². The normalized spacial score (nSPS) is 9.75. The van der Waals surface area contributed by atoms with Gasteiger partial charge in [0.25, 0.3) is 0 Å². The van der Waals surface area contributed by atoms with Crippen LogP contribution >= 0.6 is 0 Å². The van der Waals surface area contributed by atoms with Gasteiger partial charge in [0.05, 0.1) is 0 Å². The van der Waals surface area contributed by atoms with Crippen molar-refractivity contribution in [1.29, 1.82) is 0 Å². The fraction of sp³-hybridized carbons (Fsp3) is 0.714. The molecular formula is C7H19N. The molecule has 0 saturated heterocycles. The van der Waals surface area contributed by atoms with Crippen molar-refractivity contribution < 1.29 is 1.43 Å². The average molecular weight is 117 g/mol. The van der Waals surface area contributed by atoms with Gasteiger partial charge in [0, 0.05) is 1.43 Å². The molecule has 0 rings (SSSR count). The second kappa shape index (κ2) is 9.74. The first-order chi connectivity index (χ1) is 3.81. The second-order valence-electron chi connectivity index (χ2n) is 1.37. The van der Waals surface area contributed by atoms with Gasteiger partial charge < -0.3 is 5.73 Å². The Hall–Kier alpha value is -0.460. The summed E-state index contributed by atoms with van der Waals surface area (Å²) in [5.74, 6) is 0. The molecule has 0 aliphatic heterocycles. The lowest BCUT2D eigenvalue weighted by Gasteiger charge is -1.85. The number of allylic oxidation sites excluding steroid dienone is 1. The van der Waals surface area contributed by atoms with Crippen LogP contribution in [0.1, 0.15) is 35.5 Å². The van der Waals surface area contributed by atoms with Crippen LogP contribution in [0.2, 0.25) is 0 Å². The SMILES string of the molecule is CC.CC/C(C)=C/N.[HH]. The molecule has 2 N–H and O–H groups in total. The van der Waals surface area contributed by atoms with Crippen LogP contribution in [0.15, 0.2) is 11.8 Å². The highest BCUT2D eigenvalue weighted by atomic mass is 14.5. The molecular weight excluding hydrogens is 98.1 g/mol. The van der Waals surface area contributed by atoms with E-state index in [0.717, 1.165) is 6.42 Å². The zero-order chi connectivity index (χ0) is 6.99. The summed E-state index contributed by atoms with van der Waals surface area (Å²) in [6, 6.07) is 0. The van der Waals surface area contributed by atoms with Crippen molar-refractivity contribution in [2.24, 2.45) is 5.73 Å². The number of rotatable bonds is 1. The molecule has 0 aromatic rings. The molecule has 0 saturated carbocycles. The Bertz CT molecular complexity index is 59.9. The minimum atomic E-state index is 0. The van der Waals surface area contributed by atoms with E-state index in [1.165, 1.54) is 5.57 Å². The van der Waals surface area contributed by atoms with Gasteiger partial charge in [-0.05, 0) is 19.5 Å². The fourth-order valence-electron chi connectivity index (χ4n) is 0.118. The highest BCUT2D eigenvalue weighted by Gasteiger charge is 1.73. The van der Waals surface area contributed by atoms with Crippen molar-refractivity contribution in [2.45, 2.75) is 34.1 Å². The van der Waals surface area contributed by atoms with Crippen molar-refractivity contribution in [1.82, 2.24) is 0 Å². The third-order valence-electron chi connectivity index (χ3n) is 0.842. The van der Waals surface area contributed by atoms with Gasteiger partial charge in [0.2, 0.25) is 0 Å². The van der Waals surface area contributed by atoms with Crippen molar-refractivity contribution in [3.05, 3.63) is 11.8 Å². The first kappa shape index (κ1) is 10.5. The molecule has 1 heteroatoms. The first-order valence-electron chi connectivity index (χ1n) is 3.18. The van der Waals surface area contributed by atoms with Gasteiger partial charge in [-0.25, -0.2) is 0 Å². The molecule has 0 bridgehead atoms. The Labute approximate surface area is 54.1 Å². The van der Waals surface area contributed by atoms with Crippen LogP contribution in [0.25, 0.3) is 0 Å². The highest BCUT2D eigenvalue weighted by molar-refractivity contribution is 4.92. The number of nitrogens with two attached hydrogens (primary N) is 1. The molecule has 0 fully saturated rings. The molecule has 8 heavy (non-hydrogen) atoms. The third-order valence-corrected chi connectivity index (χ3v) is 0.842. The summed E-state index contributed by atoms with van der Waals surface area (Å²) in [5.41, 5.74) is 6.37. The summed E-state index contributed by atoms with van der Waals surface area (Å²) >= 11 is 0. The Kier molecular flexibility index (Phi) is 12.8. The Morgan fingerprint density at radius 2 is 2.00 bits per heavy atom. The molecule has 0 atom stereocenters. The molecule has 0 heterocycles. The molecule has 1 nitrogen and oxygen atoms in total. The van der Waals surface area contributed by atoms with Gasteiger partial charge in [-0.15, -0.1) is 0 Å². The van der Waals surface area contributed by atoms with E-state index in [-0.39, 0.29) is 1.43 Å². The molecule has 0 aromatic heterocycles. The van der Waals surface area contributed by atoms with Crippen molar-refractivity contribution in [2.75, 3.05) is 0 Å². The predicted octanol–water partition coefficient (Wildman–Crippen LogP) is 2.53. The molecule has 52 valence electrons. The van der Waals surface area contributed by atoms with Crippen LogP contribution in [0, 0.1) is 0 Å². The molecule has 0 amide bonds. The van der Waals surface area contributed by atoms with Crippen molar-refractivity contribution in [3.63, 3.8) is 0 Å². The maximum atomic E-state index is 5.12. The van der Waals surface area contributed by atoms with Crippen LogP contribution < -0.4 is 5.73 Å². The fourth-order valence-corrected chi connectivity index (χ4v) is 0.118. The van der Waals surface area contributed by atoms with E-state index in [1.807, 2.05) is 20.8 Å². The summed E-state index contributed by atoms with van der Waals surface area (Å²) in [6.07, 6.45) is 2.70. The van der Waals surface area contributed by atoms with Crippen LogP contribution in [-0.2, 0) is 0 Å². The van der Waals surface area contributed by atoms with Crippen LogP contribution in [0.4, 0.5) is 0 Å². The lowest BCUT2D eigenvalue weighted by atomic mass is 10.3. The lowest BCUT2D eigenvalue weighted by molar-refractivity contribution is 1.09. The minimum absolute atomic E-state index is 0. The van der Waals surface area contributed by atoms with Gasteiger partial charge in [-0.3, -0.25) is 0 Å². The molecule has 0 aliphatic carbocycles. The smallest absolute Gasteiger partial charge is 0 e. The van der Waals surface area contributed by atoms with Crippen LogP contribution in [0.3, 0.4) is 0 Å². The van der Waals surface area contributed by atoms with E-state index in [9.17, 15) is 0 Å². The Balaban J connectivity index is -0.000000109. The van der Waals surface area contributed by atoms with E-state index >= 15 is 0 Å². The van der Waals surface area contributed by atoms with Gasteiger partial charge in [-0.2, -0.15) is 0 Å². The topological polar surface area (TPSA) is 26.0 Å².